The van der Waals surface area contributed by atoms with Crippen LogP contribution in [0.25, 0.3) is 10.4 Å². The molecule has 2 aliphatic heterocycles. The van der Waals surface area contributed by atoms with Gasteiger partial charge in [-0.25, -0.2) is 4.98 Å². The van der Waals surface area contributed by atoms with Crippen LogP contribution in [0.15, 0.2) is 65.2 Å². The normalized spacial score (nSPS) is 16.6. The first-order chi connectivity index (χ1) is 33.2. The molecule has 0 spiro atoms. The third-order valence-electron chi connectivity index (χ3n) is 12.1. The van der Waals surface area contributed by atoms with Crippen LogP contribution in [0.3, 0.4) is 0 Å². The molecular weight excluding hydrogens is 897 g/mol. The molecule has 2 aliphatic rings. The Hall–Kier alpha value is -5.98. The van der Waals surface area contributed by atoms with Gasteiger partial charge in [-0.15, -0.1) is 11.3 Å². The minimum Gasteiger partial charge on any atom is -0.461 e. The number of nitrogens with one attached hydrogen (secondary N) is 4. The number of ether oxygens (including phenoxy) is 2. The van der Waals surface area contributed by atoms with E-state index >= 15 is 0 Å². The number of hydrogen-bond acceptors (Lipinski definition) is 14. The molecule has 4 aromatic rings. The van der Waals surface area contributed by atoms with Crippen molar-refractivity contribution in [1.29, 1.82) is 0 Å². The zero-order valence-corrected chi connectivity index (χ0v) is 41.6. The molecule has 4 amide bonds. The molecule has 2 aromatic heterocycles. The van der Waals surface area contributed by atoms with Crippen LogP contribution in [0.4, 0.5) is 11.6 Å². The van der Waals surface area contributed by atoms with E-state index in [2.05, 4.69) is 46.3 Å². The van der Waals surface area contributed by atoms with E-state index in [9.17, 15) is 24.3 Å². The average Bonchev–Trinajstić information content (AvgIpc) is 3.95. The smallest absolute Gasteiger partial charge is 0.320 e. The number of morpholine rings is 1. The molecule has 4 heterocycles. The SMILES string of the molecule is Cc1cccc(/C=N/Nc2cc(N3CCOCC3)nc(OCCNC(=O)CCCCCCCCCC(=O)N[C@H](C(=O)N3C[C@H](O)C[C@H]3C(=O)NCc3ccc(-c4scnc4C)cc3)C(C)(C)C)n2)c1. The Bertz CT molecular complexity index is 2330. The van der Waals surface area contributed by atoms with Crippen LogP contribution in [0, 0.1) is 19.3 Å². The standard InChI is InChI=1S/C51H70N10O7S/c1-35-14-13-15-38(28-35)32-55-59-42-30-43(60-23-26-67-27-24-60)57-50(56-42)68-25-22-52-44(63)16-11-9-7-6-8-10-12-17-45(64)58-47(51(3,4)5)49(66)61-33-40(62)29-41(61)48(65)53-31-37-18-20-39(21-19-37)46-36(2)54-34-69-46/h13-15,18-21,28,30,32,34,40-41,47,62H,6-12,16-17,22-27,29,31,33H2,1-5H3,(H,52,63)(H,53,65)(H,58,64)(H,56,57,59)/b55-32+/t40-,41+,47-/m1/s1. The maximum absolute atomic E-state index is 14.0. The van der Waals surface area contributed by atoms with Gasteiger partial charge in [-0.05, 0) is 48.8 Å². The largest absolute Gasteiger partial charge is 0.461 e. The van der Waals surface area contributed by atoms with Gasteiger partial charge in [0.1, 0.15) is 24.5 Å². The topological polar surface area (TPSA) is 213 Å². The summed E-state index contributed by atoms with van der Waals surface area (Å²) < 4.78 is 11.4. The summed E-state index contributed by atoms with van der Waals surface area (Å²) in [6, 6.07) is 16.3. The first-order valence-electron chi connectivity index (χ1n) is 24.3. The molecule has 17 nitrogen and oxygen atoms in total. The maximum Gasteiger partial charge on any atom is 0.320 e. The van der Waals surface area contributed by atoms with Gasteiger partial charge in [0.15, 0.2) is 5.82 Å². The number of aryl methyl sites for hydroxylation is 2. The molecule has 2 aromatic carbocycles. The van der Waals surface area contributed by atoms with E-state index in [1.807, 2.05) is 94.7 Å². The zero-order chi connectivity index (χ0) is 49.2. The molecule has 0 aliphatic carbocycles. The highest BCUT2D eigenvalue weighted by atomic mass is 32.1. The Morgan fingerprint density at radius 3 is 2.32 bits per heavy atom. The monoisotopic (exact) mass is 967 g/mol. The number of β-amino-alcohol motifs (C(OH)–C–C–N with tert-alkyl or cyclic N) is 1. The molecule has 18 heteroatoms. The summed E-state index contributed by atoms with van der Waals surface area (Å²) in [6.45, 7) is 13.1. The van der Waals surface area contributed by atoms with E-state index in [1.54, 1.807) is 17.6 Å². The lowest BCUT2D eigenvalue weighted by Gasteiger charge is -2.35. The number of aromatic nitrogens is 3. The number of anilines is 2. The molecule has 0 unspecified atom stereocenters. The second kappa shape index (κ2) is 26.1. The lowest BCUT2D eigenvalue weighted by atomic mass is 9.85. The number of aliphatic hydroxyl groups excluding tert-OH is 1. The number of unbranched alkanes of at least 4 members (excludes halogenated alkanes) is 6. The molecule has 0 radical (unpaired) electrons. The number of hydrazone groups is 1. The fourth-order valence-electron chi connectivity index (χ4n) is 8.30. The summed E-state index contributed by atoms with van der Waals surface area (Å²) in [5.41, 5.74) is 9.24. The zero-order valence-electron chi connectivity index (χ0n) is 40.8. The van der Waals surface area contributed by atoms with Crippen molar-refractivity contribution < 1.29 is 33.8 Å². The number of rotatable bonds is 24. The van der Waals surface area contributed by atoms with Gasteiger partial charge in [0.2, 0.25) is 23.6 Å². The molecule has 69 heavy (non-hydrogen) atoms. The molecule has 2 fully saturated rings. The number of nitrogens with zero attached hydrogens (tertiary/aromatic N) is 6. The molecule has 6 rings (SSSR count). The highest BCUT2D eigenvalue weighted by Gasteiger charge is 2.44. The van der Waals surface area contributed by atoms with Crippen LogP contribution in [0.5, 0.6) is 6.01 Å². The predicted octanol–water partition coefficient (Wildman–Crippen LogP) is 6.31. The molecule has 0 saturated carbocycles. The molecule has 5 N–H and O–H groups in total. The van der Waals surface area contributed by atoms with Gasteiger partial charge in [0.25, 0.3) is 0 Å². The van der Waals surface area contributed by atoms with Gasteiger partial charge in [-0.2, -0.15) is 15.1 Å². The Morgan fingerprint density at radius 1 is 0.928 bits per heavy atom. The molecular formula is C51H70N10O7S. The number of aliphatic hydroxyl groups is 1. The molecule has 372 valence electrons. The minimum atomic E-state index is -0.865. The molecule has 0 bridgehead atoms. The van der Waals surface area contributed by atoms with E-state index in [1.165, 1.54) is 4.90 Å². The van der Waals surface area contributed by atoms with Crippen LogP contribution < -0.4 is 31.0 Å². The minimum absolute atomic E-state index is 0.0236. The van der Waals surface area contributed by atoms with Crippen molar-refractivity contribution in [2.24, 2.45) is 10.5 Å². The lowest BCUT2D eigenvalue weighted by Crippen LogP contribution is -2.57. The number of amides is 4. The fraction of sp³-hybridized carbons (Fsp3) is 0.529. The van der Waals surface area contributed by atoms with Crippen molar-refractivity contribution in [3.63, 3.8) is 0 Å². The fourth-order valence-corrected chi connectivity index (χ4v) is 9.11. The third-order valence-corrected chi connectivity index (χ3v) is 13.1. The summed E-state index contributed by atoms with van der Waals surface area (Å²) in [5, 5.41) is 23.8. The number of carbonyl (C=O) groups is 4. The van der Waals surface area contributed by atoms with Crippen LogP contribution in [-0.2, 0) is 30.5 Å². The van der Waals surface area contributed by atoms with Gasteiger partial charge in [0, 0.05) is 51.5 Å². The number of hydrogen-bond donors (Lipinski definition) is 5. The first-order valence-corrected chi connectivity index (χ1v) is 25.1. The molecule has 3 atom stereocenters. The van der Waals surface area contributed by atoms with Gasteiger partial charge < -0.3 is 40.3 Å². The van der Waals surface area contributed by atoms with Crippen LogP contribution in [-0.4, -0.2) is 119 Å². The Balaban J connectivity index is 0.837. The quantitative estimate of drug-likeness (QED) is 0.0297. The Kier molecular flexibility index (Phi) is 19.8. The van der Waals surface area contributed by atoms with Crippen molar-refractivity contribution in [2.75, 3.05) is 56.3 Å². The van der Waals surface area contributed by atoms with Crippen molar-refractivity contribution in [2.45, 2.75) is 124 Å². The first kappa shape index (κ1) is 52.4. The summed E-state index contributed by atoms with van der Waals surface area (Å²) in [7, 11) is 0. The van der Waals surface area contributed by atoms with Gasteiger partial charge in [-0.1, -0.05) is 107 Å². The van der Waals surface area contributed by atoms with Gasteiger partial charge in [0.05, 0.1) is 48.2 Å². The number of carbonyl (C=O) groups excluding carboxylic acids is 4. The van der Waals surface area contributed by atoms with Crippen molar-refractivity contribution in [3.05, 3.63) is 82.5 Å². The third kappa shape index (κ3) is 16.6. The predicted molar refractivity (Wildman–Crippen MR) is 269 cm³/mol. The van der Waals surface area contributed by atoms with Crippen molar-refractivity contribution >= 4 is 52.8 Å². The van der Waals surface area contributed by atoms with Gasteiger partial charge >= 0.3 is 6.01 Å². The summed E-state index contributed by atoms with van der Waals surface area (Å²) in [6.07, 6.45) is 7.93. The van der Waals surface area contributed by atoms with E-state index < -0.39 is 23.6 Å². The lowest BCUT2D eigenvalue weighted by molar-refractivity contribution is -0.144. The second-order valence-electron chi connectivity index (χ2n) is 18.9. The van der Waals surface area contributed by atoms with Crippen LogP contribution in [0.1, 0.15) is 107 Å². The maximum atomic E-state index is 14.0. The van der Waals surface area contributed by atoms with Crippen LogP contribution >= 0.6 is 11.3 Å². The van der Waals surface area contributed by atoms with E-state index in [4.69, 9.17) is 9.47 Å². The summed E-state index contributed by atoms with van der Waals surface area (Å²) in [5.74, 6) is 0.240. The van der Waals surface area contributed by atoms with Crippen molar-refractivity contribution in [3.8, 4) is 16.5 Å². The number of thiazole rings is 1. The number of likely N-dealkylation sites (tertiary alicyclic amines) is 1. The number of benzene rings is 2. The van der Waals surface area contributed by atoms with E-state index in [-0.39, 0.29) is 62.2 Å². The van der Waals surface area contributed by atoms with Gasteiger partial charge in [-0.3, -0.25) is 24.6 Å². The Labute approximate surface area is 410 Å². The Morgan fingerprint density at radius 2 is 1.64 bits per heavy atom. The highest BCUT2D eigenvalue weighted by Crippen LogP contribution is 2.29. The van der Waals surface area contributed by atoms with E-state index in [0.29, 0.717) is 57.3 Å². The summed E-state index contributed by atoms with van der Waals surface area (Å²) in [4.78, 5) is 71.2. The average molecular weight is 967 g/mol. The molecule has 2 saturated heterocycles. The van der Waals surface area contributed by atoms with Crippen molar-refractivity contribution in [1.82, 2.24) is 35.8 Å². The second-order valence-corrected chi connectivity index (χ2v) is 19.7. The van der Waals surface area contributed by atoms with Crippen LogP contribution in [0.2, 0.25) is 0 Å². The highest BCUT2D eigenvalue weighted by molar-refractivity contribution is 7.13. The summed E-state index contributed by atoms with van der Waals surface area (Å²) >= 11 is 1.58. The van der Waals surface area contributed by atoms with E-state index in [0.717, 1.165) is 71.3 Å².